The smallest absolute Gasteiger partial charge is 0.321 e. The third-order valence-electron chi connectivity index (χ3n) is 1.71. The van der Waals surface area contributed by atoms with E-state index in [4.69, 9.17) is 0 Å². The molecule has 82 valence electrons. The summed E-state index contributed by atoms with van der Waals surface area (Å²) in [6, 6.07) is -0.474. The molecule has 0 radical (unpaired) electrons. The van der Waals surface area contributed by atoms with Crippen LogP contribution in [0.4, 0.5) is 4.79 Å². The molecule has 6 nitrogen and oxygen atoms in total. The summed E-state index contributed by atoms with van der Waals surface area (Å²) in [5, 5.41) is 4.67. The zero-order chi connectivity index (χ0) is 11.3. The lowest BCUT2D eigenvalue weighted by molar-refractivity contribution is -0.117. The van der Waals surface area contributed by atoms with Gasteiger partial charge < -0.3 is 9.88 Å². The zero-order valence-electron chi connectivity index (χ0n) is 8.78. The molecule has 1 heterocycles. The van der Waals surface area contributed by atoms with Crippen molar-refractivity contribution in [3.63, 3.8) is 0 Å². The molecule has 0 aliphatic rings. The highest BCUT2D eigenvalue weighted by Gasteiger charge is 2.02. The van der Waals surface area contributed by atoms with Crippen LogP contribution < -0.4 is 10.6 Å². The van der Waals surface area contributed by atoms with Crippen LogP contribution in [0.15, 0.2) is 12.5 Å². The first-order chi connectivity index (χ1) is 7.08. The summed E-state index contributed by atoms with van der Waals surface area (Å²) in [5.74, 6) is -0.370. The second-order valence-electron chi connectivity index (χ2n) is 3.22. The highest BCUT2D eigenvalue weighted by molar-refractivity contribution is 5.92. The fraction of sp³-hybridized carbons (Fsp3) is 0.444. The number of carbonyl (C=O) groups is 2. The second-order valence-corrected chi connectivity index (χ2v) is 3.22. The third kappa shape index (κ3) is 4.26. The van der Waals surface area contributed by atoms with Crippen LogP contribution in [-0.4, -0.2) is 28.0 Å². The van der Waals surface area contributed by atoms with E-state index in [0.717, 1.165) is 5.69 Å². The topological polar surface area (TPSA) is 76.0 Å². The molecular weight excluding hydrogens is 196 g/mol. The number of rotatable bonds is 3. The summed E-state index contributed by atoms with van der Waals surface area (Å²) < 4.78 is 1.84. The first kappa shape index (κ1) is 11.2. The summed E-state index contributed by atoms with van der Waals surface area (Å²) in [6.07, 6.45) is 4.22. The van der Waals surface area contributed by atoms with Gasteiger partial charge in [-0.15, -0.1) is 0 Å². The van der Waals surface area contributed by atoms with Crippen molar-refractivity contribution in [1.82, 2.24) is 20.2 Å². The van der Waals surface area contributed by atoms with Gasteiger partial charge in [0.2, 0.25) is 5.91 Å². The Kier molecular flexibility index (Phi) is 3.84. The van der Waals surface area contributed by atoms with E-state index in [1.165, 1.54) is 6.92 Å². The third-order valence-corrected chi connectivity index (χ3v) is 1.71. The average molecular weight is 210 g/mol. The van der Waals surface area contributed by atoms with Crippen molar-refractivity contribution in [3.05, 3.63) is 18.2 Å². The Bertz CT molecular complexity index is 359. The fourth-order valence-corrected chi connectivity index (χ4v) is 1.10. The lowest BCUT2D eigenvalue weighted by Crippen LogP contribution is -2.39. The molecule has 0 fully saturated rings. The number of carbonyl (C=O) groups excluding carboxylic acids is 2. The Hall–Kier alpha value is -1.85. The predicted octanol–water partition coefficient (Wildman–Crippen LogP) is -0.192. The number of nitrogens with one attached hydrogen (secondary N) is 2. The van der Waals surface area contributed by atoms with E-state index in [1.807, 2.05) is 17.8 Å². The van der Waals surface area contributed by atoms with Gasteiger partial charge in [0.1, 0.15) is 0 Å². The van der Waals surface area contributed by atoms with Crippen LogP contribution in [0.3, 0.4) is 0 Å². The minimum atomic E-state index is -0.474. The molecular formula is C9H14N4O2. The molecule has 0 saturated heterocycles. The van der Waals surface area contributed by atoms with Crippen molar-refractivity contribution < 1.29 is 9.59 Å². The highest BCUT2D eigenvalue weighted by Crippen LogP contribution is 1.93. The van der Waals surface area contributed by atoms with Crippen molar-refractivity contribution in [1.29, 1.82) is 0 Å². The normalized spacial score (nSPS) is 9.73. The molecule has 0 saturated carbocycles. The largest absolute Gasteiger partial charge is 0.340 e. The quantitative estimate of drug-likeness (QED) is 0.726. The van der Waals surface area contributed by atoms with Gasteiger partial charge in [-0.3, -0.25) is 10.1 Å². The number of hydrogen-bond acceptors (Lipinski definition) is 3. The van der Waals surface area contributed by atoms with Crippen molar-refractivity contribution in [3.8, 4) is 0 Å². The lowest BCUT2D eigenvalue weighted by atomic mass is 10.3. The summed E-state index contributed by atoms with van der Waals surface area (Å²) in [6.45, 7) is 1.74. The molecule has 0 unspecified atom stereocenters. The molecule has 6 heteroatoms. The molecule has 2 N–H and O–H groups in total. The molecule has 0 bridgehead atoms. The van der Waals surface area contributed by atoms with Gasteiger partial charge in [-0.2, -0.15) is 0 Å². The maximum Gasteiger partial charge on any atom is 0.321 e. The Morgan fingerprint density at radius 3 is 2.80 bits per heavy atom. The van der Waals surface area contributed by atoms with Crippen molar-refractivity contribution in [2.24, 2.45) is 7.05 Å². The molecule has 0 aliphatic carbocycles. The number of aryl methyl sites for hydroxylation is 1. The molecule has 0 spiro atoms. The molecule has 1 rings (SSSR count). The summed E-state index contributed by atoms with van der Waals surface area (Å²) in [4.78, 5) is 25.6. The Morgan fingerprint density at radius 2 is 2.27 bits per heavy atom. The van der Waals surface area contributed by atoms with Gasteiger partial charge in [-0.25, -0.2) is 9.78 Å². The highest BCUT2D eigenvalue weighted by atomic mass is 16.2. The summed E-state index contributed by atoms with van der Waals surface area (Å²) in [5.41, 5.74) is 0.903. The van der Waals surface area contributed by atoms with Crippen LogP contribution in [-0.2, 0) is 18.3 Å². The van der Waals surface area contributed by atoms with Gasteiger partial charge in [0.05, 0.1) is 12.0 Å². The molecule has 1 aromatic rings. The van der Waals surface area contributed by atoms with Crippen molar-refractivity contribution in [2.75, 3.05) is 6.54 Å². The van der Waals surface area contributed by atoms with Crippen LogP contribution in [0.5, 0.6) is 0 Å². The van der Waals surface area contributed by atoms with Gasteiger partial charge in [-0.05, 0) is 0 Å². The zero-order valence-corrected chi connectivity index (χ0v) is 8.78. The fourth-order valence-electron chi connectivity index (χ4n) is 1.10. The summed E-state index contributed by atoms with van der Waals surface area (Å²) >= 11 is 0. The van der Waals surface area contributed by atoms with E-state index in [0.29, 0.717) is 13.0 Å². The molecule has 15 heavy (non-hydrogen) atoms. The van der Waals surface area contributed by atoms with Gasteiger partial charge in [0, 0.05) is 33.1 Å². The molecule has 3 amide bonds. The second kappa shape index (κ2) is 5.14. The Morgan fingerprint density at radius 1 is 1.53 bits per heavy atom. The number of imide groups is 1. The SMILES string of the molecule is CC(=O)NC(=O)NCCc1cn(C)cn1. The van der Waals surface area contributed by atoms with E-state index >= 15 is 0 Å². The number of nitrogens with zero attached hydrogens (tertiary/aromatic N) is 2. The standard InChI is InChI=1S/C9H14N4O2/c1-7(14)12-9(15)10-4-3-8-5-13(2)6-11-8/h5-6H,3-4H2,1-2H3,(H2,10,12,14,15). The number of aromatic nitrogens is 2. The van der Waals surface area contributed by atoms with E-state index in [1.54, 1.807) is 6.33 Å². The van der Waals surface area contributed by atoms with E-state index in [2.05, 4.69) is 15.6 Å². The van der Waals surface area contributed by atoms with Gasteiger partial charge in [0.25, 0.3) is 0 Å². The monoisotopic (exact) mass is 210 g/mol. The Balaban J connectivity index is 2.22. The van der Waals surface area contributed by atoms with Crippen molar-refractivity contribution >= 4 is 11.9 Å². The van der Waals surface area contributed by atoms with E-state index < -0.39 is 6.03 Å². The number of urea groups is 1. The van der Waals surface area contributed by atoms with Crippen LogP contribution in [0.25, 0.3) is 0 Å². The van der Waals surface area contributed by atoms with E-state index in [9.17, 15) is 9.59 Å². The maximum atomic E-state index is 11.0. The lowest BCUT2D eigenvalue weighted by Gasteiger charge is -2.02. The Labute approximate surface area is 87.7 Å². The van der Waals surface area contributed by atoms with E-state index in [-0.39, 0.29) is 5.91 Å². The van der Waals surface area contributed by atoms with Crippen LogP contribution in [0.1, 0.15) is 12.6 Å². The molecule has 0 aromatic carbocycles. The van der Waals surface area contributed by atoms with Crippen LogP contribution >= 0.6 is 0 Å². The average Bonchev–Trinajstić information content (AvgIpc) is 2.50. The first-order valence-corrected chi connectivity index (χ1v) is 4.60. The van der Waals surface area contributed by atoms with Gasteiger partial charge in [-0.1, -0.05) is 0 Å². The van der Waals surface area contributed by atoms with Crippen molar-refractivity contribution in [2.45, 2.75) is 13.3 Å². The molecule has 1 aromatic heterocycles. The predicted molar refractivity (Wildman–Crippen MR) is 54.1 cm³/mol. The van der Waals surface area contributed by atoms with Crippen LogP contribution in [0, 0.1) is 0 Å². The van der Waals surface area contributed by atoms with Crippen LogP contribution in [0.2, 0.25) is 0 Å². The minimum absolute atomic E-state index is 0.370. The number of hydrogen-bond donors (Lipinski definition) is 2. The molecule has 0 aliphatic heterocycles. The minimum Gasteiger partial charge on any atom is -0.340 e. The number of imidazole rings is 1. The molecule has 0 atom stereocenters. The van der Waals surface area contributed by atoms with Gasteiger partial charge in [0.15, 0.2) is 0 Å². The maximum absolute atomic E-state index is 11.0. The number of amides is 3. The summed E-state index contributed by atoms with van der Waals surface area (Å²) in [7, 11) is 1.88. The van der Waals surface area contributed by atoms with Gasteiger partial charge >= 0.3 is 6.03 Å². The first-order valence-electron chi connectivity index (χ1n) is 4.60.